The predicted octanol–water partition coefficient (Wildman–Crippen LogP) is 3.29. The smallest absolute Gasteiger partial charge is 0.240 e. The molecule has 0 spiro atoms. The summed E-state index contributed by atoms with van der Waals surface area (Å²) in [7, 11) is -3.58. The van der Waals surface area contributed by atoms with Crippen molar-refractivity contribution in [3.8, 4) is 0 Å². The molecule has 0 saturated carbocycles. The van der Waals surface area contributed by atoms with Gasteiger partial charge in [0.2, 0.25) is 15.9 Å². The zero-order valence-electron chi connectivity index (χ0n) is 15.8. The molecular weight excluding hydrogens is 360 g/mol. The van der Waals surface area contributed by atoms with Crippen molar-refractivity contribution >= 4 is 21.6 Å². The van der Waals surface area contributed by atoms with Gasteiger partial charge in [0.15, 0.2) is 0 Å². The highest BCUT2D eigenvalue weighted by Gasteiger charge is 2.26. The molecule has 27 heavy (non-hydrogen) atoms. The van der Waals surface area contributed by atoms with Crippen LogP contribution in [0.5, 0.6) is 0 Å². The van der Waals surface area contributed by atoms with Crippen molar-refractivity contribution in [2.75, 3.05) is 11.4 Å². The lowest BCUT2D eigenvalue weighted by molar-refractivity contribution is -0.118. The monoisotopic (exact) mass is 386 g/mol. The van der Waals surface area contributed by atoms with Crippen molar-refractivity contribution in [3.63, 3.8) is 0 Å². The molecule has 1 aliphatic heterocycles. The number of benzene rings is 2. The third-order valence-electron chi connectivity index (χ3n) is 4.93. The van der Waals surface area contributed by atoms with E-state index in [0.717, 1.165) is 24.1 Å². The number of carbonyl (C=O) groups excluding carboxylic acids is 1. The lowest BCUT2D eigenvalue weighted by Gasteiger charge is -2.17. The Bertz CT molecular complexity index is 910. The average Bonchev–Trinajstić information content (AvgIpc) is 3.09. The first-order chi connectivity index (χ1) is 12.9. The van der Waals surface area contributed by atoms with Crippen molar-refractivity contribution in [1.29, 1.82) is 0 Å². The van der Waals surface area contributed by atoms with E-state index in [1.807, 2.05) is 44.2 Å². The molecule has 5 nitrogen and oxygen atoms in total. The van der Waals surface area contributed by atoms with Crippen LogP contribution in [0.2, 0.25) is 0 Å². The second kappa shape index (κ2) is 8.23. The molecule has 3 rings (SSSR count). The van der Waals surface area contributed by atoms with Gasteiger partial charge in [-0.3, -0.25) is 4.79 Å². The Balaban J connectivity index is 1.67. The van der Waals surface area contributed by atoms with E-state index in [0.29, 0.717) is 19.4 Å². The van der Waals surface area contributed by atoms with Gasteiger partial charge in [0, 0.05) is 24.7 Å². The molecule has 1 heterocycles. The van der Waals surface area contributed by atoms with Crippen LogP contribution in [-0.4, -0.2) is 26.9 Å². The van der Waals surface area contributed by atoms with Crippen molar-refractivity contribution < 1.29 is 13.2 Å². The lowest BCUT2D eigenvalue weighted by atomic mass is 10.1. The maximum absolute atomic E-state index is 12.7. The van der Waals surface area contributed by atoms with E-state index in [2.05, 4.69) is 4.72 Å². The summed E-state index contributed by atoms with van der Waals surface area (Å²) >= 11 is 0. The summed E-state index contributed by atoms with van der Waals surface area (Å²) < 4.78 is 28.2. The van der Waals surface area contributed by atoms with E-state index in [1.54, 1.807) is 23.1 Å². The van der Waals surface area contributed by atoms with Gasteiger partial charge >= 0.3 is 0 Å². The molecule has 0 aliphatic carbocycles. The summed E-state index contributed by atoms with van der Waals surface area (Å²) in [5.41, 5.74) is 2.94. The fraction of sp³-hybridized carbons (Fsp3) is 0.381. The molecule has 1 aliphatic rings. The third kappa shape index (κ3) is 4.57. The van der Waals surface area contributed by atoms with Crippen LogP contribution in [0, 0.1) is 0 Å². The molecule has 0 saturated heterocycles. The molecule has 0 fully saturated rings. The van der Waals surface area contributed by atoms with E-state index in [9.17, 15) is 13.2 Å². The fourth-order valence-electron chi connectivity index (χ4n) is 3.41. The summed E-state index contributed by atoms with van der Waals surface area (Å²) in [6, 6.07) is 14.9. The highest BCUT2D eigenvalue weighted by Crippen LogP contribution is 2.30. The lowest BCUT2D eigenvalue weighted by Crippen LogP contribution is -2.33. The fourth-order valence-corrected chi connectivity index (χ4v) is 4.74. The quantitative estimate of drug-likeness (QED) is 0.794. The highest BCUT2D eigenvalue weighted by molar-refractivity contribution is 7.89. The number of sulfonamides is 1. The Labute approximate surface area is 161 Å². The van der Waals surface area contributed by atoms with Crippen LogP contribution >= 0.6 is 0 Å². The molecule has 0 aromatic heterocycles. The second-order valence-corrected chi connectivity index (χ2v) is 8.70. The maximum atomic E-state index is 12.7. The van der Waals surface area contributed by atoms with Gasteiger partial charge in [-0.25, -0.2) is 13.1 Å². The molecule has 1 atom stereocenters. The van der Waals surface area contributed by atoms with Crippen LogP contribution in [-0.2, 0) is 27.7 Å². The first-order valence-electron chi connectivity index (χ1n) is 9.40. The summed E-state index contributed by atoms with van der Waals surface area (Å²) in [6.07, 6.45) is 2.68. The van der Waals surface area contributed by atoms with Gasteiger partial charge in [-0.05, 0) is 55.5 Å². The van der Waals surface area contributed by atoms with Gasteiger partial charge < -0.3 is 4.90 Å². The number of amides is 1. The summed E-state index contributed by atoms with van der Waals surface area (Å²) in [6.45, 7) is 4.34. The molecule has 2 aromatic carbocycles. The molecule has 0 bridgehead atoms. The first kappa shape index (κ1) is 19.6. The number of nitrogens with one attached hydrogen (secondary N) is 1. The third-order valence-corrected chi connectivity index (χ3v) is 6.51. The molecule has 2 aromatic rings. The van der Waals surface area contributed by atoms with Crippen LogP contribution in [0.4, 0.5) is 5.69 Å². The van der Waals surface area contributed by atoms with E-state index < -0.39 is 10.0 Å². The van der Waals surface area contributed by atoms with Crippen LogP contribution in [0.25, 0.3) is 0 Å². The minimum Gasteiger partial charge on any atom is -0.312 e. The van der Waals surface area contributed by atoms with E-state index >= 15 is 0 Å². The topological polar surface area (TPSA) is 66.5 Å². The Hall–Kier alpha value is -2.18. The number of hydrogen-bond donors (Lipinski definition) is 1. The molecule has 144 valence electrons. The predicted molar refractivity (Wildman–Crippen MR) is 107 cm³/mol. The zero-order chi connectivity index (χ0) is 19.4. The van der Waals surface area contributed by atoms with Gasteiger partial charge in [-0.1, -0.05) is 37.3 Å². The molecule has 0 unspecified atom stereocenters. The summed E-state index contributed by atoms with van der Waals surface area (Å²) in [4.78, 5) is 14.0. The van der Waals surface area contributed by atoms with Gasteiger partial charge in [-0.15, -0.1) is 0 Å². The maximum Gasteiger partial charge on any atom is 0.240 e. The molecular formula is C21H26N2O3S. The van der Waals surface area contributed by atoms with E-state index in [4.69, 9.17) is 0 Å². The van der Waals surface area contributed by atoms with Crippen LogP contribution in [0.3, 0.4) is 0 Å². The largest absolute Gasteiger partial charge is 0.312 e. The van der Waals surface area contributed by atoms with Gasteiger partial charge in [0.1, 0.15) is 0 Å². The number of fused-ring (bicyclic) bond motifs is 1. The number of anilines is 1. The standard InChI is InChI=1S/C21H26N2O3S/c1-3-21(24)23-14-13-18-15-19(11-12-20(18)23)27(25,26)22-16(2)9-10-17-7-5-4-6-8-17/h4-8,11-12,15-16,22H,3,9-10,13-14H2,1-2H3/t16-/m0/s1. The zero-order valence-corrected chi connectivity index (χ0v) is 16.6. The van der Waals surface area contributed by atoms with Crippen LogP contribution in [0.1, 0.15) is 37.8 Å². The molecule has 6 heteroatoms. The van der Waals surface area contributed by atoms with Gasteiger partial charge in [0.05, 0.1) is 4.90 Å². The van der Waals surface area contributed by atoms with E-state index in [-0.39, 0.29) is 16.8 Å². The Morgan fingerprint density at radius 1 is 1.19 bits per heavy atom. The van der Waals surface area contributed by atoms with E-state index in [1.165, 1.54) is 5.56 Å². The highest BCUT2D eigenvalue weighted by atomic mass is 32.2. The number of rotatable bonds is 7. The van der Waals surface area contributed by atoms with Crippen molar-refractivity contribution in [3.05, 3.63) is 59.7 Å². The van der Waals surface area contributed by atoms with Gasteiger partial charge in [-0.2, -0.15) is 0 Å². The van der Waals surface area contributed by atoms with Crippen molar-refractivity contribution in [1.82, 2.24) is 4.72 Å². The minimum absolute atomic E-state index is 0.0667. The van der Waals surface area contributed by atoms with Crippen molar-refractivity contribution in [2.45, 2.75) is 50.5 Å². The number of aryl methyl sites for hydroxylation is 1. The number of nitrogens with zero attached hydrogens (tertiary/aromatic N) is 1. The number of hydrogen-bond acceptors (Lipinski definition) is 3. The molecule has 1 amide bonds. The van der Waals surface area contributed by atoms with Crippen LogP contribution < -0.4 is 9.62 Å². The first-order valence-corrected chi connectivity index (χ1v) is 10.9. The Kier molecular flexibility index (Phi) is 5.97. The summed E-state index contributed by atoms with van der Waals surface area (Å²) in [5, 5.41) is 0. The van der Waals surface area contributed by atoms with Crippen molar-refractivity contribution in [2.24, 2.45) is 0 Å². The Morgan fingerprint density at radius 3 is 2.63 bits per heavy atom. The minimum atomic E-state index is -3.58. The normalized spacial score (nSPS) is 14.8. The second-order valence-electron chi connectivity index (χ2n) is 6.99. The van der Waals surface area contributed by atoms with Gasteiger partial charge in [0.25, 0.3) is 0 Å². The summed E-state index contributed by atoms with van der Waals surface area (Å²) in [5.74, 6) is 0.0667. The molecule has 0 radical (unpaired) electrons. The SMILES string of the molecule is CCC(=O)N1CCc2cc(S(=O)(=O)N[C@@H](C)CCc3ccccc3)ccc21. The molecule has 1 N–H and O–H groups in total. The Morgan fingerprint density at radius 2 is 1.93 bits per heavy atom. The van der Waals surface area contributed by atoms with Crippen LogP contribution in [0.15, 0.2) is 53.4 Å². The average molecular weight is 387 g/mol. The number of carbonyl (C=O) groups is 1.